The number of fused-ring (bicyclic) bond motifs is 1. The minimum atomic E-state index is -0.648. The van der Waals surface area contributed by atoms with Gasteiger partial charge in [-0.05, 0) is 36.7 Å². The van der Waals surface area contributed by atoms with Crippen molar-refractivity contribution in [2.24, 2.45) is 22.7 Å². The highest BCUT2D eigenvalue weighted by Gasteiger charge is 2.30. The van der Waals surface area contributed by atoms with Crippen molar-refractivity contribution in [2.45, 2.75) is 33.1 Å². The van der Waals surface area contributed by atoms with E-state index in [1.807, 2.05) is 12.1 Å². The molecule has 1 saturated carbocycles. The summed E-state index contributed by atoms with van der Waals surface area (Å²) in [6.07, 6.45) is 4.79. The molecule has 0 aromatic carbocycles. The lowest BCUT2D eigenvalue weighted by molar-refractivity contribution is -0.119. The van der Waals surface area contributed by atoms with E-state index in [1.165, 1.54) is 0 Å². The smallest absolute Gasteiger partial charge is 0.267 e. The fourth-order valence-corrected chi connectivity index (χ4v) is 2.41. The van der Waals surface area contributed by atoms with Crippen molar-refractivity contribution in [3.63, 3.8) is 0 Å². The van der Waals surface area contributed by atoms with Gasteiger partial charge in [-0.2, -0.15) is 5.26 Å². The molecule has 2 aliphatic rings. The van der Waals surface area contributed by atoms with Crippen LogP contribution in [0, 0.1) is 29.1 Å². The molecule has 3 heteroatoms. The number of amides is 1. The van der Waals surface area contributed by atoms with Crippen molar-refractivity contribution in [1.29, 1.82) is 5.26 Å². The highest BCUT2D eigenvalue weighted by Crippen LogP contribution is 2.34. The van der Waals surface area contributed by atoms with Gasteiger partial charge in [0.2, 0.25) is 0 Å². The first-order valence-corrected chi connectivity index (χ1v) is 5.84. The summed E-state index contributed by atoms with van der Waals surface area (Å²) in [4.78, 5) is 15.5. The zero-order valence-corrected chi connectivity index (χ0v) is 9.73. The van der Waals surface area contributed by atoms with Crippen LogP contribution >= 0.6 is 0 Å². The number of dihydropyridines is 1. The maximum Gasteiger partial charge on any atom is 0.267 e. The molecule has 3 nitrogen and oxygen atoms in total. The van der Waals surface area contributed by atoms with Gasteiger partial charge in [0.15, 0.2) is 0 Å². The third-order valence-corrected chi connectivity index (χ3v) is 3.57. The van der Waals surface area contributed by atoms with Crippen LogP contribution in [0.25, 0.3) is 0 Å². The predicted molar refractivity (Wildman–Crippen MR) is 61.8 cm³/mol. The molecule has 1 amide bonds. The predicted octanol–water partition coefficient (Wildman–Crippen LogP) is 2.49. The Labute approximate surface area is 95.9 Å². The van der Waals surface area contributed by atoms with Crippen LogP contribution in [0.1, 0.15) is 33.1 Å². The van der Waals surface area contributed by atoms with Gasteiger partial charge in [-0.3, -0.25) is 4.79 Å². The van der Waals surface area contributed by atoms with Crippen LogP contribution in [-0.4, -0.2) is 11.6 Å². The fourth-order valence-electron chi connectivity index (χ4n) is 2.41. The lowest BCUT2D eigenvalue weighted by atomic mass is 9.76. The molecular weight excluding hydrogens is 200 g/mol. The number of carbonyl (C=O) groups excluding carboxylic acids is 1. The molecule has 0 N–H and O–H groups in total. The number of allylic oxidation sites excluding steroid dienone is 1. The van der Waals surface area contributed by atoms with Crippen molar-refractivity contribution < 1.29 is 4.79 Å². The van der Waals surface area contributed by atoms with Gasteiger partial charge in [0.05, 0.1) is 6.07 Å². The number of nitrogens with zero attached hydrogens (tertiary/aromatic N) is 2. The number of aliphatic imine (C=N–C) groups is 1. The van der Waals surface area contributed by atoms with E-state index in [2.05, 4.69) is 18.8 Å². The lowest BCUT2D eigenvalue weighted by Gasteiger charge is -2.30. The van der Waals surface area contributed by atoms with E-state index < -0.39 is 5.92 Å². The summed E-state index contributed by atoms with van der Waals surface area (Å²) >= 11 is 0. The van der Waals surface area contributed by atoms with Crippen LogP contribution in [0.4, 0.5) is 0 Å². The van der Waals surface area contributed by atoms with Gasteiger partial charge in [-0.15, -0.1) is 0 Å². The molecule has 0 radical (unpaired) electrons. The van der Waals surface area contributed by atoms with E-state index >= 15 is 0 Å². The van der Waals surface area contributed by atoms with Crippen molar-refractivity contribution in [1.82, 2.24) is 0 Å². The minimum absolute atomic E-state index is 0.288. The molecule has 0 saturated heterocycles. The third-order valence-electron chi connectivity index (χ3n) is 3.57. The largest absolute Gasteiger partial charge is 0.271 e. The number of nitriles is 1. The van der Waals surface area contributed by atoms with Gasteiger partial charge in [0.1, 0.15) is 5.92 Å². The molecule has 0 spiro atoms. The van der Waals surface area contributed by atoms with E-state index in [0.29, 0.717) is 11.8 Å². The van der Waals surface area contributed by atoms with Crippen molar-refractivity contribution in [2.75, 3.05) is 0 Å². The van der Waals surface area contributed by atoms with E-state index in [4.69, 9.17) is 5.26 Å². The van der Waals surface area contributed by atoms with Gasteiger partial charge in [-0.25, -0.2) is 4.99 Å². The highest BCUT2D eigenvalue weighted by atomic mass is 16.1. The second-order valence-electron chi connectivity index (χ2n) is 4.94. The van der Waals surface area contributed by atoms with Crippen LogP contribution < -0.4 is 0 Å². The lowest BCUT2D eigenvalue weighted by Crippen LogP contribution is -2.26. The highest BCUT2D eigenvalue weighted by molar-refractivity contribution is 6.10. The molecule has 0 aromatic heterocycles. The summed E-state index contributed by atoms with van der Waals surface area (Å²) in [6.45, 7) is 4.45. The molecule has 16 heavy (non-hydrogen) atoms. The molecule has 84 valence electrons. The number of carbonyl (C=O) groups is 1. The monoisotopic (exact) mass is 216 g/mol. The molecule has 1 aliphatic heterocycles. The molecule has 0 bridgehead atoms. The van der Waals surface area contributed by atoms with Crippen LogP contribution in [0.5, 0.6) is 0 Å². The Hall–Kier alpha value is -1.43. The van der Waals surface area contributed by atoms with Gasteiger partial charge < -0.3 is 0 Å². The van der Waals surface area contributed by atoms with E-state index in [-0.39, 0.29) is 5.91 Å². The van der Waals surface area contributed by atoms with E-state index in [1.54, 1.807) is 0 Å². The first-order chi connectivity index (χ1) is 7.61. The zero-order valence-electron chi connectivity index (χ0n) is 9.73. The summed E-state index contributed by atoms with van der Waals surface area (Å²) < 4.78 is 0. The molecule has 1 aliphatic carbocycles. The zero-order chi connectivity index (χ0) is 11.7. The van der Waals surface area contributed by atoms with E-state index in [0.717, 1.165) is 30.5 Å². The Balaban J connectivity index is 2.22. The summed E-state index contributed by atoms with van der Waals surface area (Å²) in [7, 11) is 0. The first-order valence-electron chi connectivity index (χ1n) is 5.84. The Morgan fingerprint density at radius 3 is 2.94 bits per heavy atom. The Kier molecular flexibility index (Phi) is 2.91. The summed E-state index contributed by atoms with van der Waals surface area (Å²) in [6, 6.07) is 2.00. The first kappa shape index (κ1) is 11.1. The second kappa shape index (κ2) is 4.21. The maximum atomic E-state index is 11.4. The number of hydrogen-bond acceptors (Lipinski definition) is 2. The Bertz CT molecular complexity index is 412. The van der Waals surface area contributed by atoms with Crippen molar-refractivity contribution >= 4 is 11.6 Å². The molecule has 2 atom stereocenters. The molecule has 1 heterocycles. The summed E-state index contributed by atoms with van der Waals surface area (Å²) in [5.41, 5.74) is 2.06. The average molecular weight is 216 g/mol. The number of hydrogen-bond donors (Lipinski definition) is 0. The van der Waals surface area contributed by atoms with Crippen LogP contribution in [-0.2, 0) is 4.79 Å². The summed E-state index contributed by atoms with van der Waals surface area (Å²) in [5, 5.41) is 8.84. The molecule has 2 unspecified atom stereocenters. The van der Waals surface area contributed by atoms with Gasteiger partial charge in [-0.1, -0.05) is 19.9 Å². The molecular formula is C13H16N2O. The standard InChI is InChI=1S/C13H16N2O/c1-8(2)9-3-4-12-10(5-9)6-11(7-14)13(16)15-12/h6,8-9,11H,3-5H2,1-2H3. The maximum absolute atomic E-state index is 11.4. The molecule has 0 aromatic rings. The van der Waals surface area contributed by atoms with Crippen LogP contribution in [0.3, 0.4) is 0 Å². The summed E-state index contributed by atoms with van der Waals surface area (Å²) in [5.74, 6) is 0.382. The van der Waals surface area contributed by atoms with Crippen molar-refractivity contribution in [3.8, 4) is 6.07 Å². The van der Waals surface area contributed by atoms with Gasteiger partial charge in [0.25, 0.3) is 5.91 Å². The molecule has 1 fully saturated rings. The Morgan fingerprint density at radius 1 is 1.56 bits per heavy atom. The normalized spacial score (nSPS) is 29.2. The van der Waals surface area contributed by atoms with Gasteiger partial charge in [0, 0.05) is 5.71 Å². The average Bonchev–Trinajstić information content (AvgIpc) is 2.27. The van der Waals surface area contributed by atoms with Crippen molar-refractivity contribution in [3.05, 3.63) is 11.6 Å². The Morgan fingerprint density at radius 2 is 2.31 bits per heavy atom. The quantitative estimate of drug-likeness (QED) is 0.676. The minimum Gasteiger partial charge on any atom is -0.271 e. The SMILES string of the molecule is CC(C)C1CCC2=NC(=O)C(C#N)C=C2C1. The fraction of sp³-hybridized carbons (Fsp3) is 0.615. The van der Waals surface area contributed by atoms with Crippen LogP contribution in [0.2, 0.25) is 0 Å². The van der Waals surface area contributed by atoms with E-state index in [9.17, 15) is 4.79 Å². The van der Waals surface area contributed by atoms with Crippen LogP contribution in [0.15, 0.2) is 16.6 Å². The topological polar surface area (TPSA) is 53.2 Å². The number of rotatable bonds is 1. The molecule has 2 rings (SSSR count). The van der Waals surface area contributed by atoms with Gasteiger partial charge >= 0.3 is 0 Å². The second-order valence-corrected chi connectivity index (χ2v) is 4.94. The third kappa shape index (κ3) is 1.92.